The Morgan fingerprint density at radius 1 is 0.420 bits per heavy atom. The molecular weight excluding hydrogens is 624 g/mol. The van der Waals surface area contributed by atoms with Crippen LogP contribution in [0, 0.1) is 0 Å². The van der Waals surface area contributed by atoms with Gasteiger partial charge in [-0.15, -0.1) is 0 Å². The highest BCUT2D eigenvalue weighted by Gasteiger charge is 2.19. The van der Waals surface area contributed by atoms with Crippen LogP contribution in [0.1, 0.15) is 168 Å². The zero-order valence-electron chi connectivity index (χ0n) is 32.1. The molecule has 0 aliphatic carbocycles. The first-order chi connectivity index (χ1) is 24.5. The van der Waals surface area contributed by atoms with E-state index in [0.717, 1.165) is 103 Å². The molecule has 6 nitrogen and oxygen atoms in total. The number of carbonyl (C=O) groups is 3. The van der Waals surface area contributed by atoms with Gasteiger partial charge in [0.2, 0.25) is 0 Å². The molecule has 0 rings (SSSR count). The lowest BCUT2D eigenvalue weighted by molar-refractivity contribution is -0.167. The van der Waals surface area contributed by atoms with Gasteiger partial charge in [-0.3, -0.25) is 14.4 Å². The number of hydrogen-bond acceptors (Lipinski definition) is 6. The molecule has 0 aliphatic heterocycles. The lowest BCUT2D eigenvalue weighted by Crippen LogP contribution is -2.30. The van der Waals surface area contributed by atoms with Crippen molar-refractivity contribution in [2.24, 2.45) is 0 Å². The van der Waals surface area contributed by atoms with Gasteiger partial charge in [0.15, 0.2) is 6.10 Å². The molecule has 0 aromatic carbocycles. The molecule has 0 amide bonds. The minimum atomic E-state index is -0.783. The predicted molar refractivity (Wildman–Crippen MR) is 210 cm³/mol. The summed E-state index contributed by atoms with van der Waals surface area (Å²) in [4.78, 5) is 37.1. The zero-order valence-corrected chi connectivity index (χ0v) is 32.1. The largest absolute Gasteiger partial charge is 0.462 e. The van der Waals surface area contributed by atoms with Crippen LogP contribution in [0.2, 0.25) is 0 Å². The van der Waals surface area contributed by atoms with Gasteiger partial charge in [-0.25, -0.2) is 0 Å². The third-order valence-corrected chi connectivity index (χ3v) is 7.98. The summed E-state index contributed by atoms with van der Waals surface area (Å²) in [5.41, 5.74) is 0. The van der Waals surface area contributed by atoms with E-state index < -0.39 is 6.10 Å². The van der Waals surface area contributed by atoms with Crippen molar-refractivity contribution < 1.29 is 28.6 Å². The number of hydrogen-bond donors (Lipinski definition) is 0. The SMILES string of the molecule is CC/C=C\C/C=C\C/C=C\C/C=C\C/C=C\C/C=C\CCCCC(=O)OCC(COC(=O)CCCCCCC)OC(=O)CCCCCCCC. The Hall–Kier alpha value is -3.15. The van der Waals surface area contributed by atoms with Crippen molar-refractivity contribution in [3.05, 3.63) is 72.9 Å². The fraction of sp³-hybridized carbons (Fsp3) is 0.659. The van der Waals surface area contributed by atoms with Crippen LogP contribution in [0.5, 0.6) is 0 Å². The van der Waals surface area contributed by atoms with Crippen molar-refractivity contribution >= 4 is 17.9 Å². The quantitative estimate of drug-likeness (QED) is 0.0288. The van der Waals surface area contributed by atoms with Gasteiger partial charge in [0, 0.05) is 19.3 Å². The summed E-state index contributed by atoms with van der Waals surface area (Å²) in [6, 6.07) is 0. The average Bonchev–Trinajstić information content (AvgIpc) is 3.11. The average molecular weight is 697 g/mol. The van der Waals surface area contributed by atoms with Crippen LogP contribution < -0.4 is 0 Å². The maximum Gasteiger partial charge on any atom is 0.306 e. The molecule has 0 saturated carbocycles. The number of rotatable bonds is 34. The summed E-state index contributed by atoms with van der Waals surface area (Å²) in [5.74, 6) is -0.972. The Kier molecular flexibility index (Phi) is 36.2. The molecule has 0 radical (unpaired) electrons. The van der Waals surface area contributed by atoms with Crippen molar-refractivity contribution in [1.29, 1.82) is 0 Å². The number of allylic oxidation sites excluding steroid dienone is 12. The molecule has 0 bridgehead atoms. The van der Waals surface area contributed by atoms with Crippen LogP contribution >= 0.6 is 0 Å². The zero-order chi connectivity index (χ0) is 36.6. The molecule has 0 aliphatic rings. The molecule has 0 heterocycles. The van der Waals surface area contributed by atoms with Gasteiger partial charge in [0.05, 0.1) is 0 Å². The smallest absolute Gasteiger partial charge is 0.306 e. The summed E-state index contributed by atoms with van der Waals surface area (Å²) in [5, 5.41) is 0. The molecular formula is C44H72O6. The molecule has 0 fully saturated rings. The van der Waals surface area contributed by atoms with E-state index in [1.54, 1.807) is 0 Å². The molecule has 0 N–H and O–H groups in total. The standard InChI is InChI=1S/C44H72O6/c1-4-7-10-13-15-16-17-18-19-20-21-22-23-24-25-26-27-28-29-32-34-37-43(46)49-40-41(39-48-42(45)36-33-30-12-9-6-3)50-44(47)38-35-31-14-11-8-5-2/h7,10,15-16,18-19,21-22,24-25,27-28,41H,4-6,8-9,11-14,17,20,23,26,29-40H2,1-3H3/b10-7-,16-15-,19-18-,22-21-,25-24-,28-27-. The van der Waals surface area contributed by atoms with Gasteiger partial charge in [0.1, 0.15) is 13.2 Å². The molecule has 1 unspecified atom stereocenters. The minimum absolute atomic E-state index is 0.0913. The van der Waals surface area contributed by atoms with E-state index in [4.69, 9.17) is 14.2 Å². The van der Waals surface area contributed by atoms with Gasteiger partial charge >= 0.3 is 17.9 Å². The highest BCUT2D eigenvalue weighted by molar-refractivity contribution is 5.71. The minimum Gasteiger partial charge on any atom is -0.462 e. The third kappa shape index (κ3) is 36.1. The highest BCUT2D eigenvalue weighted by atomic mass is 16.6. The fourth-order valence-corrected chi connectivity index (χ4v) is 4.97. The van der Waals surface area contributed by atoms with Crippen LogP contribution in [-0.4, -0.2) is 37.2 Å². The maximum absolute atomic E-state index is 12.5. The molecule has 0 aromatic rings. The summed E-state index contributed by atoms with van der Waals surface area (Å²) in [6.45, 7) is 6.29. The monoisotopic (exact) mass is 697 g/mol. The number of ether oxygens (including phenoxy) is 3. The van der Waals surface area contributed by atoms with E-state index >= 15 is 0 Å². The molecule has 0 aromatic heterocycles. The van der Waals surface area contributed by atoms with Crippen LogP contribution in [0.3, 0.4) is 0 Å². The van der Waals surface area contributed by atoms with E-state index in [1.807, 2.05) is 0 Å². The van der Waals surface area contributed by atoms with Gasteiger partial charge < -0.3 is 14.2 Å². The van der Waals surface area contributed by atoms with E-state index in [0.29, 0.717) is 19.3 Å². The molecule has 1 atom stereocenters. The number of carbonyl (C=O) groups excluding carboxylic acids is 3. The van der Waals surface area contributed by atoms with Gasteiger partial charge in [-0.1, -0.05) is 151 Å². The van der Waals surface area contributed by atoms with Crippen LogP contribution in [-0.2, 0) is 28.6 Å². The molecule has 0 saturated heterocycles. The van der Waals surface area contributed by atoms with Gasteiger partial charge in [-0.2, -0.15) is 0 Å². The van der Waals surface area contributed by atoms with Crippen molar-refractivity contribution in [2.45, 2.75) is 175 Å². The first-order valence-corrected chi connectivity index (χ1v) is 19.9. The summed E-state index contributed by atoms with van der Waals surface area (Å²) < 4.78 is 16.4. The van der Waals surface area contributed by atoms with Crippen LogP contribution in [0.25, 0.3) is 0 Å². The first-order valence-electron chi connectivity index (χ1n) is 19.9. The van der Waals surface area contributed by atoms with E-state index in [9.17, 15) is 14.4 Å². The van der Waals surface area contributed by atoms with Crippen molar-refractivity contribution in [3.8, 4) is 0 Å². The van der Waals surface area contributed by atoms with E-state index in [2.05, 4.69) is 93.7 Å². The lowest BCUT2D eigenvalue weighted by atomic mass is 10.1. The summed E-state index contributed by atoms with van der Waals surface area (Å²) >= 11 is 0. The number of esters is 3. The predicted octanol–water partition coefficient (Wildman–Crippen LogP) is 12.4. The van der Waals surface area contributed by atoms with Crippen LogP contribution in [0.15, 0.2) is 72.9 Å². The summed E-state index contributed by atoms with van der Waals surface area (Å²) in [6.07, 6.45) is 46.6. The Labute approximate surface area is 306 Å². The van der Waals surface area contributed by atoms with Crippen molar-refractivity contribution in [2.75, 3.05) is 13.2 Å². The molecule has 6 heteroatoms. The lowest BCUT2D eigenvalue weighted by Gasteiger charge is -2.18. The maximum atomic E-state index is 12.5. The van der Waals surface area contributed by atoms with E-state index in [-0.39, 0.29) is 31.1 Å². The summed E-state index contributed by atoms with van der Waals surface area (Å²) in [7, 11) is 0. The molecule has 0 spiro atoms. The molecule has 50 heavy (non-hydrogen) atoms. The van der Waals surface area contributed by atoms with Crippen molar-refractivity contribution in [1.82, 2.24) is 0 Å². The Bertz CT molecular complexity index is 986. The highest BCUT2D eigenvalue weighted by Crippen LogP contribution is 2.11. The second-order valence-electron chi connectivity index (χ2n) is 12.8. The Morgan fingerprint density at radius 2 is 0.780 bits per heavy atom. The molecule has 284 valence electrons. The Morgan fingerprint density at radius 3 is 1.22 bits per heavy atom. The number of unbranched alkanes of at least 4 members (excludes halogenated alkanes) is 11. The second kappa shape index (κ2) is 38.6. The topological polar surface area (TPSA) is 78.9 Å². The normalized spacial score (nSPS) is 12.8. The van der Waals surface area contributed by atoms with Gasteiger partial charge in [0.25, 0.3) is 0 Å². The second-order valence-corrected chi connectivity index (χ2v) is 12.8. The first kappa shape index (κ1) is 46.9. The van der Waals surface area contributed by atoms with E-state index in [1.165, 1.54) is 25.7 Å². The van der Waals surface area contributed by atoms with Crippen LogP contribution in [0.4, 0.5) is 0 Å². The third-order valence-electron chi connectivity index (χ3n) is 7.98. The van der Waals surface area contributed by atoms with Gasteiger partial charge in [-0.05, 0) is 70.6 Å². The Balaban J connectivity index is 4.23. The van der Waals surface area contributed by atoms with Crippen molar-refractivity contribution in [3.63, 3.8) is 0 Å². The fourth-order valence-electron chi connectivity index (χ4n) is 4.97.